The Labute approximate surface area is 133 Å². The Balaban J connectivity index is 2.73. The first-order chi connectivity index (χ1) is 9.71. The van der Waals surface area contributed by atoms with Crippen LogP contribution >= 0.6 is 0 Å². The molecule has 0 aromatic heterocycles. The van der Waals surface area contributed by atoms with Crippen molar-refractivity contribution in [2.45, 2.75) is 103 Å². The molecule has 2 nitrogen and oxygen atoms in total. The van der Waals surface area contributed by atoms with Gasteiger partial charge in [-0.3, -0.25) is 0 Å². The topological polar surface area (TPSA) is 18.5 Å². The predicted molar refractivity (Wildman–Crippen MR) is 94.3 cm³/mol. The van der Waals surface area contributed by atoms with E-state index in [1.54, 1.807) is 0 Å². The molecular weight excluding hydrogens is 276 g/mol. The van der Waals surface area contributed by atoms with Crippen LogP contribution in [-0.2, 0) is 9.16 Å². The van der Waals surface area contributed by atoms with Crippen molar-refractivity contribution in [3.8, 4) is 0 Å². The first-order valence-electron chi connectivity index (χ1n) is 8.67. The number of rotatable bonds is 7. The van der Waals surface area contributed by atoms with Crippen molar-refractivity contribution in [1.29, 1.82) is 0 Å². The van der Waals surface area contributed by atoms with Crippen molar-refractivity contribution in [1.82, 2.24) is 0 Å². The SMILES string of the molecule is C/C=C/C1CC[C@@H]([C@H](CCCC)O[Si](C)(C)C(C)(C)C)O1. The molecule has 0 spiro atoms. The fourth-order valence-corrected chi connectivity index (χ4v) is 3.98. The maximum atomic E-state index is 6.70. The van der Waals surface area contributed by atoms with Gasteiger partial charge in [0.25, 0.3) is 0 Å². The second-order valence-electron chi connectivity index (χ2n) is 7.87. The molecule has 1 fully saturated rings. The summed E-state index contributed by atoms with van der Waals surface area (Å²) < 4.78 is 12.9. The molecule has 0 radical (unpaired) electrons. The van der Waals surface area contributed by atoms with Gasteiger partial charge in [0.05, 0.1) is 18.3 Å². The van der Waals surface area contributed by atoms with Gasteiger partial charge in [-0.05, 0) is 44.3 Å². The highest BCUT2D eigenvalue weighted by Gasteiger charge is 2.42. The van der Waals surface area contributed by atoms with E-state index in [4.69, 9.17) is 9.16 Å². The molecule has 21 heavy (non-hydrogen) atoms. The maximum absolute atomic E-state index is 6.70. The average molecular weight is 313 g/mol. The largest absolute Gasteiger partial charge is 0.411 e. The third kappa shape index (κ3) is 5.54. The highest BCUT2D eigenvalue weighted by atomic mass is 28.4. The Kier molecular flexibility index (Phi) is 7.15. The van der Waals surface area contributed by atoms with Crippen molar-refractivity contribution in [3.05, 3.63) is 12.2 Å². The first kappa shape index (κ1) is 18.9. The predicted octanol–water partition coefficient (Wildman–Crippen LogP) is 5.69. The van der Waals surface area contributed by atoms with Crippen LogP contribution in [0.3, 0.4) is 0 Å². The van der Waals surface area contributed by atoms with Gasteiger partial charge in [0.1, 0.15) is 0 Å². The van der Waals surface area contributed by atoms with E-state index in [0.717, 1.165) is 19.3 Å². The summed E-state index contributed by atoms with van der Waals surface area (Å²) in [7, 11) is -1.72. The minimum Gasteiger partial charge on any atom is -0.411 e. The van der Waals surface area contributed by atoms with Crippen molar-refractivity contribution in [2.24, 2.45) is 0 Å². The van der Waals surface area contributed by atoms with Crippen molar-refractivity contribution in [2.75, 3.05) is 0 Å². The highest BCUT2D eigenvalue weighted by Crippen LogP contribution is 2.39. The Hall–Kier alpha value is -0.123. The van der Waals surface area contributed by atoms with E-state index < -0.39 is 8.32 Å². The van der Waals surface area contributed by atoms with Crippen LogP contribution in [0.4, 0.5) is 0 Å². The zero-order chi connectivity index (χ0) is 16.1. The molecule has 1 saturated heterocycles. The molecule has 3 heteroatoms. The van der Waals surface area contributed by atoms with E-state index in [-0.39, 0.29) is 17.2 Å². The van der Waals surface area contributed by atoms with Crippen LogP contribution in [0.2, 0.25) is 18.1 Å². The number of hydrogen-bond donors (Lipinski definition) is 0. The molecule has 1 unspecified atom stereocenters. The summed E-state index contributed by atoms with van der Waals surface area (Å²) in [6.45, 7) is 16.0. The van der Waals surface area contributed by atoms with E-state index in [9.17, 15) is 0 Å². The number of unbranched alkanes of at least 4 members (excludes halogenated alkanes) is 1. The van der Waals surface area contributed by atoms with Gasteiger partial charge in [-0.25, -0.2) is 0 Å². The van der Waals surface area contributed by atoms with Crippen LogP contribution in [0.5, 0.6) is 0 Å². The lowest BCUT2D eigenvalue weighted by Gasteiger charge is -2.40. The molecule has 3 atom stereocenters. The third-order valence-electron chi connectivity index (χ3n) is 5.00. The van der Waals surface area contributed by atoms with Crippen molar-refractivity contribution >= 4 is 8.32 Å². The van der Waals surface area contributed by atoms with E-state index in [1.165, 1.54) is 12.8 Å². The van der Waals surface area contributed by atoms with Crippen LogP contribution in [0, 0.1) is 0 Å². The van der Waals surface area contributed by atoms with E-state index in [2.05, 4.69) is 59.9 Å². The van der Waals surface area contributed by atoms with Gasteiger partial charge >= 0.3 is 0 Å². The zero-order valence-electron chi connectivity index (χ0n) is 15.2. The maximum Gasteiger partial charge on any atom is 0.192 e. The van der Waals surface area contributed by atoms with Crippen LogP contribution in [0.15, 0.2) is 12.2 Å². The van der Waals surface area contributed by atoms with Crippen LogP contribution < -0.4 is 0 Å². The lowest BCUT2D eigenvalue weighted by Crippen LogP contribution is -2.47. The Morgan fingerprint density at radius 3 is 2.48 bits per heavy atom. The fourth-order valence-electron chi connectivity index (χ4n) is 2.60. The smallest absolute Gasteiger partial charge is 0.192 e. The lowest BCUT2D eigenvalue weighted by molar-refractivity contribution is -0.0185. The van der Waals surface area contributed by atoms with Crippen LogP contribution in [0.25, 0.3) is 0 Å². The Morgan fingerprint density at radius 2 is 1.95 bits per heavy atom. The summed E-state index contributed by atoms with van der Waals surface area (Å²) in [6.07, 6.45) is 11.0. The molecule has 1 rings (SSSR count). The molecule has 1 aliphatic heterocycles. The van der Waals surface area contributed by atoms with Gasteiger partial charge in [0, 0.05) is 0 Å². The summed E-state index contributed by atoms with van der Waals surface area (Å²) in [6, 6.07) is 0. The standard InChI is InChI=1S/C18H36O2Si/c1-8-10-12-17(20-21(6,7)18(3,4)5)16-14-13-15(19-16)11-9-2/h9,11,15-17H,8,10,12-14H2,1-7H3/b11-9+/t15?,16-,17-/m0/s1. The zero-order valence-corrected chi connectivity index (χ0v) is 16.2. The quantitative estimate of drug-likeness (QED) is 0.444. The number of hydrogen-bond acceptors (Lipinski definition) is 2. The molecule has 1 heterocycles. The second-order valence-corrected chi connectivity index (χ2v) is 12.6. The molecule has 0 saturated carbocycles. The molecule has 0 aliphatic carbocycles. The molecule has 0 aromatic carbocycles. The van der Waals surface area contributed by atoms with Gasteiger partial charge in [0.2, 0.25) is 0 Å². The first-order valence-corrected chi connectivity index (χ1v) is 11.6. The fraction of sp³-hybridized carbons (Fsp3) is 0.889. The molecule has 0 amide bonds. The Morgan fingerprint density at radius 1 is 1.29 bits per heavy atom. The number of ether oxygens (including phenoxy) is 1. The van der Waals surface area contributed by atoms with Gasteiger partial charge in [-0.1, -0.05) is 52.7 Å². The van der Waals surface area contributed by atoms with Crippen LogP contribution in [-0.4, -0.2) is 26.6 Å². The summed E-state index contributed by atoms with van der Waals surface area (Å²) in [5.41, 5.74) is 0. The minimum absolute atomic E-state index is 0.263. The van der Waals surface area contributed by atoms with Gasteiger partial charge in [-0.2, -0.15) is 0 Å². The molecule has 1 aliphatic rings. The molecule has 0 aromatic rings. The minimum atomic E-state index is -1.72. The summed E-state index contributed by atoms with van der Waals surface area (Å²) in [5, 5.41) is 0.263. The third-order valence-corrected chi connectivity index (χ3v) is 9.51. The van der Waals surface area contributed by atoms with Gasteiger partial charge < -0.3 is 9.16 Å². The molecule has 0 N–H and O–H groups in total. The summed E-state index contributed by atoms with van der Waals surface area (Å²) in [4.78, 5) is 0. The van der Waals surface area contributed by atoms with Gasteiger partial charge in [-0.15, -0.1) is 0 Å². The highest BCUT2D eigenvalue weighted by molar-refractivity contribution is 6.74. The molecule has 0 bridgehead atoms. The van der Waals surface area contributed by atoms with E-state index in [1.807, 2.05) is 0 Å². The normalized spacial score (nSPS) is 25.7. The second kappa shape index (κ2) is 7.93. The van der Waals surface area contributed by atoms with Crippen molar-refractivity contribution in [3.63, 3.8) is 0 Å². The van der Waals surface area contributed by atoms with E-state index >= 15 is 0 Å². The van der Waals surface area contributed by atoms with Gasteiger partial charge in [0.15, 0.2) is 8.32 Å². The summed E-state index contributed by atoms with van der Waals surface area (Å²) in [5.74, 6) is 0. The summed E-state index contributed by atoms with van der Waals surface area (Å²) >= 11 is 0. The van der Waals surface area contributed by atoms with Crippen LogP contribution in [0.1, 0.15) is 66.7 Å². The molecule has 124 valence electrons. The number of allylic oxidation sites excluding steroid dienone is 1. The lowest BCUT2D eigenvalue weighted by atomic mass is 10.0. The van der Waals surface area contributed by atoms with Crippen molar-refractivity contribution < 1.29 is 9.16 Å². The molecular formula is C18H36O2Si. The van der Waals surface area contributed by atoms with E-state index in [0.29, 0.717) is 6.10 Å². The average Bonchev–Trinajstić information content (AvgIpc) is 2.82. The Bertz CT molecular complexity index is 331. The monoisotopic (exact) mass is 312 g/mol.